The van der Waals surface area contributed by atoms with Crippen LogP contribution in [0.25, 0.3) is 0 Å². The first-order valence-electron chi connectivity index (χ1n) is 9.33. The van der Waals surface area contributed by atoms with Crippen molar-refractivity contribution in [3.05, 3.63) is 60.4 Å². The highest BCUT2D eigenvalue weighted by Gasteiger charge is 2.50. The van der Waals surface area contributed by atoms with Gasteiger partial charge in [-0.3, -0.25) is 19.5 Å². The molecule has 140 valence electrons. The Kier molecular flexibility index (Phi) is 4.66. The second kappa shape index (κ2) is 7.12. The zero-order valence-corrected chi connectivity index (χ0v) is 15.5. The summed E-state index contributed by atoms with van der Waals surface area (Å²) >= 11 is 0. The molecule has 0 aliphatic carbocycles. The standard InChI is InChI=1S/C21H24N4O2/c1-17(26)25-14-20(27)24(19-8-3-2-4-9-19)16-21(25)10-12-23(15-21)13-18-7-5-6-11-22-18/h2-9,11H,10,12-16H2,1H3/t21-/m0/s1. The number of likely N-dealkylation sites (tertiary alicyclic amines) is 1. The highest BCUT2D eigenvalue weighted by Crippen LogP contribution is 2.35. The number of carbonyl (C=O) groups excluding carboxylic acids is 2. The number of hydrogen-bond acceptors (Lipinski definition) is 4. The van der Waals surface area contributed by atoms with E-state index >= 15 is 0 Å². The summed E-state index contributed by atoms with van der Waals surface area (Å²) in [4.78, 5) is 35.4. The Balaban J connectivity index is 1.58. The highest BCUT2D eigenvalue weighted by atomic mass is 16.2. The second-order valence-electron chi connectivity index (χ2n) is 7.43. The number of benzene rings is 1. The third-order valence-corrected chi connectivity index (χ3v) is 5.59. The minimum absolute atomic E-state index is 0.0230. The summed E-state index contributed by atoms with van der Waals surface area (Å²) in [5.41, 5.74) is 1.58. The number of anilines is 1. The average molecular weight is 364 g/mol. The number of rotatable bonds is 3. The number of para-hydroxylation sites is 1. The van der Waals surface area contributed by atoms with Crippen molar-refractivity contribution < 1.29 is 9.59 Å². The van der Waals surface area contributed by atoms with Crippen LogP contribution >= 0.6 is 0 Å². The Morgan fingerprint density at radius 3 is 2.59 bits per heavy atom. The van der Waals surface area contributed by atoms with E-state index < -0.39 is 0 Å². The second-order valence-corrected chi connectivity index (χ2v) is 7.43. The lowest BCUT2D eigenvalue weighted by Gasteiger charge is -2.48. The molecule has 1 atom stereocenters. The molecule has 4 rings (SSSR count). The third-order valence-electron chi connectivity index (χ3n) is 5.59. The van der Waals surface area contributed by atoms with Crippen LogP contribution < -0.4 is 4.90 Å². The molecule has 1 aromatic carbocycles. The maximum absolute atomic E-state index is 12.7. The van der Waals surface area contributed by atoms with Gasteiger partial charge in [0.15, 0.2) is 0 Å². The van der Waals surface area contributed by atoms with E-state index in [2.05, 4.69) is 9.88 Å². The first-order chi connectivity index (χ1) is 13.1. The largest absolute Gasteiger partial charge is 0.325 e. The molecule has 3 heterocycles. The van der Waals surface area contributed by atoms with E-state index in [-0.39, 0.29) is 23.9 Å². The van der Waals surface area contributed by atoms with Gasteiger partial charge < -0.3 is 9.80 Å². The van der Waals surface area contributed by atoms with Crippen molar-refractivity contribution in [3.63, 3.8) is 0 Å². The summed E-state index contributed by atoms with van der Waals surface area (Å²) in [5.74, 6) is -0.0547. The van der Waals surface area contributed by atoms with Gasteiger partial charge >= 0.3 is 0 Å². The number of amides is 2. The summed E-state index contributed by atoms with van der Waals surface area (Å²) < 4.78 is 0. The third kappa shape index (κ3) is 3.45. The number of hydrogen-bond donors (Lipinski definition) is 0. The van der Waals surface area contributed by atoms with Gasteiger partial charge in [-0.05, 0) is 30.7 Å². The fourth-order valence-electron chi connectivity index (χ4n) is 4.29. The number of aromatic nitrogens is 1. The monoisotopic (exact) mass is 364 g/mol. The average Bonchev–Trinajstić information content (AvgIpc) is 3.07. The van der Waals surface area contributed by atoms with Crippen molar-refractivity contribution in [1.82, 2.24) is 14.8 Å². The van der Waals surface area contributed by atoms with Gasteiger partial charge in [-0.2, -0.15) is 0 Å². The molecule has 6 nitrogen and oxygen atoms in total. The molecule has 2 aliphatic heterocycles. The number of carbonyl (C=O) groups is 2. The Hall–Kier alpha value is -2.73. The van der Waals surface area contributed by atoms with Crippen LogP contribution in [0.3, 0.4) is 0 Å². The Bertz CT molecular complexity index is 827. The van der Waals surface area contributed by atoms with E-state index in [0.717, 1.165) is 37.4 Å². The van der Waals surface area contributed by atoms with Gasteiger partial charge in [-0.25, -0.2) is 0 Å². The first-order valence-corrected chi connectivity index (χ1v) is 9.33. The van der Waals surface area contributed by atoms with Crippen molar-refractivity contribution in [3.8, 4) is 0 Å². The predicted octanol–water partition coefficient (Wildman–Crippen LogP) is 1.92. The quantitative estimate of drug-likeness (QED) is 0.835. The molecule has 0 unspecified atom stereocenters. The Morgan fingerprint density at radius 1 is 1.11 bits per heavy atom. The Labute approximate surface area is 159 Å². The van der Waals surface area contributed by atoms with Crippen LogP contribution in [0.2, 0.25) is 0 Å². The van der Waals surface area contributed by atoms with E-state index in [4.69, 9.17) is 0 Å². The van der Waals surface area contributed by atoms with Crippen LogP contribution in [0, 0.1) is 0 Å². The van der Waals surface area contributed by atoms with Gasteiger partial charge in [-0.1, -0.05) is 24.3 Å². The molecule has 2 saturated heterocycles. The summed E-state index contributed by atoms with van der Waals surface area (Å²) in [6.07, 6.45) is 2.66. The molecule has 0 N–H and O–H groups in total. The maximum Gasteiger partial charge on any atom is 0.246 e. The molecule has 2 fully saturated rings. The van der Waals surface area contributed by atoms with E-state index in [1.54, 1.807) is 18.0 Å². The summed E-state index contributed by atoms with van der Waals surface area (Å²) in [6, 6.07) is 15.7. The first kappa shape index (κ1) is 17.7. The van der Waals surface area contributed by atoms with Gasteiger partial charge in [-0.15, -0.1) is 0 Å². The summed E-state index contributed by atoms with van der Waals surface area (Å²) in [6.45, 7) is 4.63. The molecular formula is C21H24N4O2. The maximum atomic E-state index is 12.7. The molecule has 0 radical (unpaired) electrons. The minimum atomic E-state index is -0.343. The lowest BCUT2D eigenvalue weighted by atomic mass is 9.91. The molecule has 2 aliphatic rings. The number of piperazine rings is 1. The summed E-state index contributed by atoms with van der Waals surface area (Å²) in [5, 5.41) is 0. The molecule has 1 aromatic heterocycles. The molecule has 1 spiro atoms. The van der Waals surface area contributed by atoms with Crippen molar-refractivity contribution in [2.24, 2.45) is 0 Å². The zero-order valence-electron chi connectivity index (χ0n) is 15.5. The van der Waals surface area contributed by atoms with Crippen molar-refractivity contribution in [2.45, 2.75) is 25.4 Å². The van der Waals surface area contributed by atoms with E-state index in [1.165, 1.54) is 0 Å². The fraction of sp³-hybridized carbons (Fsp3) is 0.381. The van der Waals surface area contributed by atoms with E-state index in [0.29, 0.717) is 6.54 Å². The SMILES string of the molecule is CC(=O)N1CC(=O)N(c2ccccc2)C[C@@]12CCN(Cc1ccccn1)C2. The molecule has 2 aromatic rings. The number of pyridine rings is 1. The van der Waals surface area contributed by atoms with E-state index in [1.807, 2.05) is 53.4 Å². The minimum Gasteiger partial charge on any atom is -0.325 e. The fourth-order valence-corrected chi connectivity index (χ4v) is 4.29. The van der Waals surface area contributed by atoms with E-state index in [9.17, 15) is 9.59 Å². The normalized spacial score (nSPS) is 23.2. The van der Waals surface area contributed by atoms with Gasteiger partial charge in [0.05, 0.1) is 17.8 Å². The molecule has 0 saturated carbocycles. The van der Waals surface area contributed by atoms with Gasteiger partial charge in [0.25, 0.3) is 0 Å². The van der Waals surface area contributed by atoms with Crippen LogP contribution in [0.1, 0.15) is 19.0 Å². The van der Waals surface area contributed by atoms with Gasteiger partial charge in [0.2, 0.25) is 11.8 Å². The highest BCUT2D eigenvalue weighted by molar-refractivity contribution is 5.98. The van der Waals surface area contributed by atoms with Crippen LogP contribution in [0.4, 0.5) is 5.69 Å². The predicted molar refractivity (Wildman–Crippen MR) is 103 cm³/mol. The van der Waals surface area contributed by atoms with Crippen LogP contribution in [0.5, 0.6) is 0 Å². The smallest absolute Gasteiger partial charge is 0.246 e. The van der Waals surface area contributed by atoms with Crippen LogP contribution in [0.15, 0.2) is 54.7 Å². The lowest BCUT2D eigenvalue weighted by molar-refractivity contribution is -0.142. The molecule has 6 heteroatoms. The molecule has 27 heavy (non-hydrogen) atoms. The Morgan fingerprint density at radius 2 is 1.89 bits per heavy atom. The summed E-state index contributed by atoms with van der Waals surface area (Å²) in [7, 11) is 0. The van der Waals surface area contributed by atoms with Crippen molar-refractivity contribution in [1.29, 1.82) is 0 Å². The van der Waals surface area contributed by atoms with Crippen LogP contribution in [-0.4, -0.2) is 58.3 Å². The van der Waals surface area contributed by atoms with Crippen molar-refractivity contribution in [2.75, 3.05) is 31.1 Å². The van der Waals surface area contributed by atoms with Crippen LogP contribution in [-0.2, 0) is 16.1 Å². The van der Waals surface area contributed by atoms with Crippen molar-refractivity contribution >= 4 is 17.5 Å². The van der Waals surface area contributed by atoms with Gasteiger partial charge in [0, 0.05) is 38.4 Å². The van der Waals surface area contributed by atoms with Gasteiger partial charge in [0.1, 0.15) is 6.54 Å². The molecule has 0 bridgehead atoms. The zero-order chi connectivity index (χ0) is 18.9. The molecule has 2 amide bonds. The number of nitrogens with zero attached hydrogens (tertiary/aromatic N) is 4. The molecular weight excluding hydrogens is 340 g/mol. The lowest BCUT2D eigenvalue weighted by Crippen LogP contribution is -2.66. The topological polar surface area (TPSA) is 56.8 Å².